The van der Waals surface area contributed by atoms with Gasteiger partial charge in [-0.2, -0.15) is 4.98 Å². The number of rotatable bonds is 7. The van der Waals surface area contributed by atoms with Crippen LogP contribution < -0.4 is 19.7 Å². The smallest absolute Gasteiger partial charge is 0.248 e. The standard InChI is InChI=1S/C22H23N5O4/c1-30-17-7-3-14(4-8-17)11-19-23-22(26-25-19)24-21(29)15-12-20(28)27(13-15)16-5-9-18(31-2)10-6-16/h3-10,15H,11-13H2,1-2H3,(H2,23,24,25,26,29)/t15-/m0/s1. The van der Waals surface area contributed by atoms with Crippen molar-refractivity contribution in [3.8, 4) is 11.5 Å². The molecule has 9 heteroatoms. The van der Waals surface area contributed by atoms with Crippen molar-refractivity contribution in [3.05, 3.63) is 59.9 Å². The molecule has 0 spiro atoms. The number of aromatic nitrogens is 3. The number of hydrogen-bond donors (Lipinski definition) is 2. The van der Waals surface area contributed by atoms with Gasteiger partial charge >= 0.3 is 0 Å². The van der Waals surface area contributed by atoms with Crippen molar-refractivity contribution < 1.29 is 19.1 Å². The highest BCUT2D eigenvalue weighted by Crippen LogP contribution is 2.27. The van der Waals surface area contributed by atoms with Crippen LogP contribution in [-0.4, -0.2) is 47.8 Å². The molecule has 160 valence electrons. The van der Waals surface area contributed by atoms with Crippen LogP contribution in [0.25, 0.3) is 0 Å². The van der Waals surface area contributed by atoms with E-state index < -0.39 is 5.92 Å². The van der Waals surface area contributed by atoms with Crippen LogP contribution in [0.15, 0.2) is 48.5 Å². The Morgan fingerprint density at radius 1 is 1.10 bits per heavy atom. The molecular weight excluding hydrogens is 398 g/mol. The Hall–Kier alpha value is -3.88. The molecule has 1 aliphatic rings. The van der Waals surface area contributed by atoms with Crippen LogP contribution in [0.2, 0.25) is 0 Å². The third-order valence-corrected chi connectivity index (χ3v) is 5.18. The number of carbonyl (C=O) groups is 2. The van der Waals surface area contributed by atoms with Crippen LogP contribution in [0, 0.1) is 5.92 Å². The van der Waals surface area contributed by atoms with Gasteiger partial charge in [0.25, 0.3) is 0 Å². The van der Waals surface area contributed by atoms with E-state index in [9.17, 15) is 9.59 Å². The van der Waals surface area contributed by atoms with Gasteiger partial charge in [-0.25, -0.2) is 0 Å². The average Bonchev–Trinajstić information content (AvgIpc) is 3.40. The molecule has 1 aromatic heterocycles. The average molecular weight is 421 g/mol. The maximum atomic E-state index is 12.7. The normalized spacial score (nSPS) is 15.7. The Bertz CT molecular complexity index is 1060. The molecule has 2 amide bonds. The number of nitrogens with one attached hydrogen (secondary N) is 2. The largest absolute Gasteiger partial charge is 0.497 e. The molecule has 0 aliphatic carbocycles. The maximum absolute atomic E-state index is 12.7. The van der Waals surface area contributed by atoms with E-state index in [1.54, 1.807) is 43.4 Å². The van der Waals surface area contributed by atoms with Crippen LogP contribution in [0.4, 0.5) is 11.6 Å². The molecule has 31 heavy (non-hydrogen) atoms. The summed E-state index contributed by atoms with van der Waals surface area (Å²) < 4.78 is 10.3. The fourth-order valence-electron chi connectivity index (χ4n) is 3.47. The van der Waals surface area contributed by atoms with Crippen molar-refractivity contribution in [2.75, 3.05) is 31.0 Å². The first-order valence-electron chi connectivity index (χ1n) is 9.85. The Balaban J connectivity index is 1.35. The van der Waals surface area contributed by atoms with Crippen LogP contribution in [-0.2, 0) is 16.0 Å². The Morgan fingerprint density at radius 2 is 1.74 bits per heavy atom. The van der Waals surface area contributed by atoms with Gasteiger partial charge in [-0.15, -0.1) is 5.10 Å². The molecule has 3 aromatic rings. The van der Waals surface area contributed by atoms with E-state index in [1.165, 1.54) is 0 Å². The lowest BCUT2D eigenvalue weighted by molar-refractivity contribution is -0.122. The number of methoxy groups -OCH3 is 2. The summed E-state index contributed by atoms with van der Waals surface area (Å²) in [5, 5.41) is 9.61. The molecule has 1 saturated heterocycles. The van der Waals surface area contributed by atoms with Crippen molar-refractivity contribution in [2.24, 2.45) is 5.92 Å². The first-order chi connectivity index (χ1) is 15.1. The van der Waals surface area contributed by atoms with Gasteiger partial charge < -0.3 is 14.4 Å². The summed E-state index contributed by atoms with van der Waals surface area (Å²) in [6.45, 7) is 0.306. The molecule has 2 heterocycles. The Kier molecular flexibility index (Phi) is 5.83. The van der Waals surface area contributed by atoms with Crippen LogP contribution >= 0.6 is 0 Å². The van der Waals surface area contributed by atoms with Gasteiger partial charge in [0.2, 0.25) is 17.8 Å². The lowest BCUT2D eigenvalue weighted by atomic mass is 10.1. The number of aromatic amines is 1. The molecule has 0 radical (unpaired) electrons. The SMILES string of the molecule is COc1ccc(Cc2nc(NC(=O)[C@H]3CC(=O)N(c4ccc(OC)cc4)C3)n[nH]2)cc1. The molecule has 0 unspecified atom stereocenters. The zero-order valence-electron chi connectivity index (χ0n) is 17.3. The summed E-state index contributed by atoms with van der Waals surface area (Å²) in [7, 11) is 3.20. The minimum atomic E-state index is -0.474. The van der Waals surface area contributed by atoms with Gasteiger partial charge in [-0.3, -0.25) is 20.0 Å². The molecule has 0 bridgehead atoms. The van der Waals surface area contributed by atoms with Crippen molar-refractivity contribution in [1.82, 2.24) is 15.2 Å². The highest BCUT2D eigenvalue weighted by Gasteiger charge is 2.35. The number of benzene rings is 2. The molecule has 9 nitrogen and oxygen atoms in total. The molecule has 1 atom stereocenters. The van der Waals surface area contributed by atoms with Crippen LogP contribution in [0.3, 0.4) is 0 Å². The Morgan fingerprint density at radius 3 is 2.39 bits per heavy atom. The molecule has 2 aromatic carbocycles. The fourth-order valence-corrected chi connectivity index (χ4v) is 3.47. The maximum Gasteiger partial charge on any atom is 0.248 e. The quantitative estimate of drug-likeness (QED) is 0.606. The zero-order chi connectivity index (χ0) is 21.8. The lowest BCUT2D eigenvalue weighted by Crippen LogP contribution is -2.28. The van der Waals surface area contributed by atoms with E-state index in [0.717, 1.165) is 17.0 Å². The van der Waals surface area contributed by atoms with E-state index in [1.807, 2.05) is 24.3 Å². The second-order valence-corrected chi connectivity index (χ2v) is 7.22. The number of nitrogens with zero attached hydrogens (tertiary/aromatic N) is 3. The molecule has 0 saturated carbocycles. The molecule has 4 rings (SSSR count). The highest BCUT2D eigenvalue weighted by atomic mass is 16.5. The predicted octanol–water partition coefficient (Wildman–Crippen LogP) is 2.40. The summed E-state index contributed by atoms with van der Waals surface area (Å²) in [6.07, 6.45) is 0.682. The van der Waals surface area contributed by atoms with Gasteiger partial charge in [-0.05, 0) is 42.0 Å². The van der Waals surface area contributed by atoms with Crippen LogP contribution in [0.1, 0.15) is 17.8 Å². The van der Waals surface area contributed by atoms with Crippen molar-refractivity contribution >= 4 is 23.5 Å². The second-order valence-electron chi connectivity index (χ2n) is 7.22. The van der Waals surface area contributed by atoms with Gasteiger partial charge in [-0.1, -0.05) is 12.1 Å². The molecule has 2 N–H and O–H groups in total. The summed E-state index contributed by atoms with van der Waals surface area (Å²) in [4.78, 5) is 31.0. The third-order valence-electron chi connectivity index (χ3n) is 5.18. The number of ether oxygens (including phenoxy) is 2. The molecule has 1 aliphatic heterocycles. The third kappa shape index (κ3) is 4.66. The minimum absolute atomic E-state index is 0.0968. The Labute approximate surface area is 179 Å². The predicted molar refractivity (Wildman–Crippen MR) is 114 cm³/mol. The number of H-pyrrole nitrogens is 1. The first kappa shape index (κ1) is 20.4. The lowest BCUT2D eigenvalue weighted by Gasteiger charge is -2.16. The van der Waals surface area contributed by atoms with Gasteiger partial charge in [0.15, 0.2) is 0 Å². The summed E-state index contributed by atoms with van der Waals surface area (Å²) in [5.41, 5.74) is 1.77. The monoisotopic (exact) mass is 421 g/mol. The number of hydrogen-bond acceptors (Lipinski definition) is 6. The number of carbonyl (C=O) groups excluding carboxylic acids is 2. The number of anilines is 2. The van der Waals surface area contributed by atoms with E-state index in [4.69, 9.17) is 9.47 Å². The van der Waals surface area contributed by atoms with E-state index in [-0.39, 0.29) is 24.2 Å². The van der Waals surface area contributed by atoms with Crippen molar-refractivity contribution in [3.63, 3.8) is 0 Å². The van der Waals surface area contributed by atoms with Crippen LogP contribution in [0.5, 0.6) is 11.5 Å². The molecular formula is C22H23N5O4. The topological polar surface area (TPSA) is 109 Å². The summed E-state index contributed by atoms with van der Waals surface area (Å²) in [6, 6.07) is 14.8. The van der Waals surface area contributed by atoms with Gasteiger partial charge in [0, 0.05) is 25.1 Å². The summed E-state index contributed by atoms with van der Waals surface area (Å²) >= 11 is 0. The highest BCUT2D eigenvalue weighted by molar-refractivity contribution is 6.03. The van der Waals surface area contributed by atoms with Crippen molar-refractivity contribution in [1.29, 1.82) is 0 Å². The van der Waals surface area contributed by atoms with E-state index in [2.05, 4.69) is 20.5 Å². The molecule has 1 fully saturated rings. The first-order valence-corrected chi connectivity index (χ1v) is 9.85. The minimum Gasteiger partial charge on any atom is -0.497 e. The zero-order valence-corrected chi connectivity index (χ0v) is 17.3. The number of amides is 2. The fraction of sp³-hybridized carbons (Fsp3) is 0.273. The second kappa shape index (κ2) is 8.86. The van der Waals surface area contributed by atoms with Gasteiger partial charge in [0.1, 0.15) is 17.3 Å². The summed E-state index contributed by atoms with van der Waals surface area (Å²) in [5.74, 6) is 1.47. The van der Waals surface area contributed by atoms with Crippen molar-refractivity contribution in [2.45, 2.75) is 12.8 Å². The van der Waals surface area contributed by atoms with E-state index in [0.29, 0.717) is 24.5 Å². The van der Waals surface area contributed by atoms with E-state index >= 15 is 0 Å². The van der Waals surface area contributed by atoms with Gasteiger partial charge in [0.05, 0.1) is 20.1 Å².